The van der Waals surface area contributed by atoms with Crippen LogP contribution in [0.15, 0.2) is 102 Å². The number of ketones is 1. The van der Waals surface area contributed by atoms with Crippen LogP contribution in [0.1, 0.15) is 35.8 Å². The summed E-state index contributed by atoms with van der Waals surface area (Å²) in [7, 11) is 0. The standard InChI is InChI=1S/C27H21FN4O/c28-20-10-8-18(9-11-20)25-22(15-29)27(30)32(21-7-4-12-31-16-21)23-13-19(14-24(33)26(23)25)17-5-2-1-3-6-17/h1-12,16,19,25H,13-14,30H2/t19-,25-/m0/s1. The Labute approximate surface area is 191 Å². The fraction of sp³-hybridized carbons (Fsp3) is 0.148. The van der Waals surface area contributed by atoms with Crippen molar-refractivity contribution < 1.29 is 9.18 Å². The maximum absolute atomic E-state index is 13.7. The number of nitrogens with two attached hydrogens (primary N) is 1. The van der Waals surface area contributed by atoms with Gasteiger partial charge in [-0.1, -0.05) is 42.5 Å². The number of pyridine rings is 1. The molecule has 2 N–H and O–H groups in total. The third-order valence-electron chi connectivity index (χ3n) is 6.35. The quantitative estimate of drug-likeness (QED) is 0.630. The molecule has 2 aromatic carbocycles. The smallest absolute Gasteiger partial charge is 0.162 e. The number of hydrogen-bond donors (Lipinski definition) is 1. The summed E-state index contributed by atoms with van der Waals surface area (Å²) in [5.74, 6) is -0.798. The molecule has 1 aliphatic carbocycles. The Morgan fingerprint density at radius 3 is 2.42 bits per heavy atom. The molecule has 0 radical (unpaired) electrons. The van der Waals surface area contributed by atoms with Gasteiger partial charge in [-0.3, -0.25) is 14.7 Å². The van der Waals surface area contributed by atoms with Crippen LogP contribution in [-0.2, 0) is 4.79 Å². The van der Waals surface area contributed by atoms with Gasteiger partial charge in [-0.15, -0.1) is 0 Å². The van der Waals surface area contributed by atoms with Gasteiger partial charge in [0.05, 0.1) is 29.4 Å². The van der Waals surface area contributed by atoms with Gasteiger partial charge in [-0.25, -0.2) is 4.39 Å². The predicted octanol–water partition coefficient (Wildman–Crippen LogP) is 4.92. The van der Waals surface area contributed by atoms with Crippen molar-refractivity contribution in [2.45, 2.75) is 24.7 Å². The van der Waals surface area contributed by atoms with Gasteiger partial charge in [0.2, 0.25) is 0 Å². The Morgan fingerprint density at radius 1 is 1.00 bits per heavy atom. The van der Waals surface area contributed by atoms with Gasteiger partial charge in [0, 0.05) is 23.9 Å². The Kier molecular flexibility index (Phi) is 5.23. The van der Waals surface area contributed by atoms with Crippen LogP contribution in [-0.4, -0.2) is 10.8 Å². The summed E-state index contributed by atoms with van der Waals surface area (Å²) < 4.78 is 13.6. The molecule has 1 aliphatic heterocycles. The van der Waals surface area contributed by atoms with Crippen LogP contribution in [0.2, 0.25) is 0 Å². The number of rotatable bonds is 3. The molecule has 33 heavy (non-hydrogen) atoms. The van der Waals surface area contributed by atoms with Gasteiger partial charge in [0.1, 0.15) is 11.6 Å². The molecule has 5 nitrogen and oxygen atoms in total. The number of hydrogen-bond acceptors (Lipinski definition) is 5. The van der Waals surface area contributed by atoms with E-state index < -0.39 is 5.92 Å². The van der Waals surface area contributed by atoms with Crippen molar-refractivity contribution in [1.29, 1.82) is 5.26 Å². The number of allylic oxidation sites excluding steroid dienone is 3. The van der Waals surface area contributed by atoms with Crippen LogP contribution in [0.4, 0.5) is 10.1 Å². The second-order valence-electron chi connectivity index (χ2n) is 8.24. The molecule has 2 heterocycles. The molecule has 162 valence electrons. The fourth-order valence-electron chi connectivity index (χ4n) is 4.86. The highest BCUT2D eigenvalue weighted by Crippen LogP contribution is 2.48. The SMILES string of the molecule is N#CC1=C(N)N(c2cccnc2)C2=C(C(=O)C[C@@H](c3ccccc3)C2)[C@H]1c1ccc(F)cc1. The van der Waals surface area contributed by atoms with E-state index in [0.29, 0.717) is 29.7 Å². The van der Waals surface area contributed by atoms with Gasteiger partial charge in [0.25, 0.3) is 0 Å². The molecule has 2 aliphatic rings. The van der Waals surface area contributed by atoms with Gasteiger partial charge in [-0.2, -0.15) is 5.26 Å². The lowest BCUT2D eigenvalue weighted by molar-refractivity contribution is -0.116. The van der Waals surface area contributed by atoms with E-state index in [9.17, 15) is 14.4 Å². The summed E-state index contributed by atoms with van der Waals surface area (Å²) in [5.41, 5.74) is 10.6. The Morgan fingerprint density at radius 2 is 1.76 bits per heavy atom. The van der Waals surface area contributed by atoms with Crippen LogP contribution in [0, 0.1) is 17.1 Å². The molecule has 0 unspecified atom stereocenters. The summed E-state index contributed by atoms with van der Waals surface area (Å²) in [5, 5.41) is 10.1. The molecule has 0 saturated carbocycles. The molecule has 3 aromatic rings. The highest BCUT2D eigenvalue weighted by Gasteiger charge is 2.42. The minimum Gasteiger partial charge on any atom is -0.384 e. The maximum atomic E-state index is 13.7. The first kappa shape index (κ1) is 20.7. The molecular weight excluding hydrogens is 415 g/mol. The Bertz CT molecular complexity index is 1310. The van der Waals surface area contributed by atoms with Crippen LogP contribution in [0.5, 0.6) is 0 Å². The number of Topliss-reactive ketones (excluding diaryl/α,β-unsaturated/α-hetero) is 1. The minimum absolute atomic E-state index is 0.0121. The van der Waals surface area contributed by atoms with E-state index >= 15 is 0 Å². The van der Waals surface area contributed by atoms with Crippen LogP contribution < -0.4 is 10.6 Å². The van der Waals surface area contributed by atoms with Crippen molar-refractivity contribution in [3.05, 3.63) is 119 Å². The predicted molar refractivity (Wildman–Crippen MR) is 123 cm³/mol. The van der Waals surface area contributed by atoms with Crippen molar-refractivity contribution in [3.63, 3.8) is 0 Å². The average Bonchev–Trinajstić information content (AvgIpc) is 2.85. The van der Waals surface area contributed by atoms with E-state index in [1.165, 1.54) is 12.1 Å². The number of nitrogens with zero attached hydrogens (tertiary/aromatic N) is 3. The molecule has 0 fully saturated rings. The number of nitriles is 1. The Hall–Kier alpha value is -4.24. The van der Waals surface area contributed by atoms with Crippen LogP contribution in [0.25, 0.3) is 0 Å². The second kappa shape index (κ2) is 8.36. The van der Waals surface area contributed by atoms with E-state index in [1.54, 1.807) is 35.5 Å². The van der Waals surface area contributed by atoms with Crippen molar-refractivity contribution in [3.8, 4) is 6.07 Å². The summed E-state index contributed by atoms with van der Waals surface area (Å²) in [6.07, 6.45) is 4.24. The molecule has 0 bridgehead atoms. The topological polar surface area (TPSA) is 83.0 Å². The number of carbonyl (C=O) groups excluding carboxylic acids is 1. The number of halogens is 1. The normalized spacial score (nSPS) is 20.5. The maximum Gasteiger partial charge on any atom is 0.162 e. The van der Waals surface area contributed by atoms with E-state index in [1.807, 2.05) is 36.4 Å². The first-order valence-electron chi connectivity index (χ1n) is 10.7. The van der Waals surface area contributed by atoms with Gasteiger partial charge in [0.15, 0.2) is 5.78 Å². The highest BCUT2D eigenvalue weighted by atomic mass is 19.1. The molecular formula is C27H21FN4O. The van der Waals surface area contributed by atoms with E-state index in [-0.39, 0.29) is 28.9 Å². The third kappa shape index (κ3) is 3.58. The van der Waals surface area contributed by atoms with Crippen molar-refractivity contribution in [2.24, 2.45) is 5.73 Å². The first-order chi connectivity index (χ1) is 16.1. The molecule has 5 rings (SSSR count). The molecule has 0 amide bonds. The monoisotopic (exact) mass is 436 g/mol. The molecule has 0 spiro atoms. The van der Waals surface area contributed by atoms with E-state index in [0.717, 1.165) is 11.3 Å². The first-order valence-corrected chi connectivity index (χ1v) is 10.7. The van der Waals surface area contributed by atoms with Crippen LogP contribution in [0.3, 0.4) is 0 Å². The average molecular weight is 436 g/mol. The van der Waals surface area contributed by atoms with Gasteiger partial charge in [-0.05, 0) is 47.7 Å². The van der Waals surface area contributed by atoms with E-state index in [2.05, 4.69) is 11.1 Å². The van der Waals surface area contributed by atoms with Crippen molar-refractivity contribution in [1.82, 2.24) is 4.98 Å². The lowest BCUT2D eigenvalue weighted by Crippen LogP contribution is -2.40. The largest absolute Gasteiger partial charge is 0.384 e. The van der Waals surface area contributed by atoms with Gasteiger partial charge >= 0.3 is 0 Å². The van der Waals surface area contributed by atoms with Crippen molar-refractivity contribution >= 4 is 11.5 Å². The molecule has 1 aromatic heterocycles. The molecule has 0 saturated heterocycles. The fourth-order valence-corrected chi connectivity index (χ4v) is 4.86. The zero-order valence-corrected chi connectivity index (χ0v) is 17.8. The summed E-state index contributed by atoms with van der Waals surface area (Å²) in [4.78, 5) is 19.7. The van der Waals surface area contributed by atoms with Crippen LogP contribution >= 0.6 is 0 Å². The summed E-state index contributed by atoms with van der Waals surface area (Å²) in [6.45, 7) is 0. The number of aromatic nitrogens is 1. The van der Waals surface area contributed by atoms with E-state index in [4.69, 9.17) is 5.73 Å². The molecule has 2 atom stereocenters. The molecule has 6 heteroatoms. The zero-order chi connectivity index (χ0) is 22.9. The highest BCUT2D eigenvalue weighted by molar-refractivity contribution is 6.01. The summed E-state index contributed by atoms with van der Waals surface area (Å²) in [6, 6.07) is 21.7. The van der Waals surface area contributed by atoms with Crippen molar-refractivity contribution in [2.75, 3.05) is 4.90 Å². The summed E-state index contributed by atoms with van der Waals surface area (Å²) >= 11 is 0. The van der Waals surface area contributed by atoms with Gasteiger partial charge < -0.3 is 5.73 Å². The number of benzene rings is 2. The lowest BCUT2D eigenvalue weighted by Gasteiger charge is -2.41. The zero-order valence-electron chi connectivity index (χ0n) is 17.8. The number of carbonyl (C=O) groups is 1. The third-order valence-corrected chi connectivity index (χ3v) is 6.35. The minimum atomic E-state index is -0.636. The lowest BCUT2D eigenvalue weighted by atomic mass is 9.72. The Balaban J connectivity index is 1.72. The number of anilines is 1. The second-order valence-corrected chi connectivity index (χ2v) is 8.24.